The molecule has 1 aromatic carbocycles. The highest BCUT2D eigenvalue weighted by atomic mass is 16.5. The van der Waals surface area contributed by atoms with Gasteiger partial charge in [-0.2, -0.15) is 4.98 Å². The number of urea groups is 1. The average Bonchev–Trinajstić information content (AvgIpc) is 3.18. The van der Waals surface area contributed by atoms with Crippen LogP contribution in [0.5, 0.6) is 17.5 Å². The summed E-state index contributed by atoms with van der Waals surface area (Å²) < 4.78 is 14.9. The maximum absolute atomic E-state index is 12.6. The lowest BCUT2D eigenvalue weighted by Crippen LogP contribution is -2.52. The molecular weight excluding hydrogens is 460 g/mol. The number of nitrogens with zero attached hydrogens (tertiary/aromatic N) is 6. The molecule has 3 aromatic rings. The second kappa shape index (κ2) is 8.27. The maximum Gasteiger partial charge on any atom is 0.333 e. The minimum atomic E-state index is -0.718. The Balaban J connectivity index is 1.74. The third-order valence-electron chi connectivity index (χ3n) is 5.78. The van der Waals surface area contributed by atoms with Gasteiger partial charge in [0.15, 0.2) is 22.7 Å². The molecule has 35 heavy (non-hydrogen) atoms. The van der Waals surface area contributed by atoms with E-state index in [1.54, 1.807) is 13.1 Å². The molecule has 3 heterocycles. The number of imidazole rings is 1. The SMILES string of the molecule is COc1cc(C=C2C(=O)N(C)C(=O)N(C)C2=O)ccc1Oc1nc2c(c(=O)n(C)c(=O)n2C)n1C. The summed E-state index contributed by atoms with van der Waals surface area (Å²) >= 11 is 0. The van der Waals surface area contributed by atoms with Gasteiger partial charge in [0, 0.05) is 35.2 Å². The number of carbonyl (C=O) groups excluding carboxylic acids is 3. The first-order valence-corrected chi connectivity index (χ1v) is 10.3. The van der Waals surface area contributed by atoms with Gasteiger partial charge in [0.05, 0.1) is 7.11 Å². The molecule has 1 saturated heterocycles. The van der Waals surface area contributed by atoms with Gasteiger partial charge >= 0.3 is 17.7 Å². The van der Waals surface area contributed by atoms with Gasteiger partial charge in [0.2, 0.25) is 0 Å². The number of ether oxygens (including phenoxy) is 2. The van der Waals surface area contributed by atoms with Crippen molar-refractivity contribution in [2.24, 2.45) is 21.1 Å². The van der Waals surface area contributed by atoms with Crippen molar-refractivity contribution in [3.63, 3.8) is 0 Å². The minimum Gasteiger partial charge on any atom is -0.493 e. The van der Waals surface area contributed by atoms with E-state index in [-0.39, 0.29) is 34.2 Å². The number of aryl methyl sites for hydroxylation is 2. The summed E-state index contributed by atoms with van der Waals surface area (Å²) in [5.41, 5.74) is -0.431. The standard InChI is InChI=1S/C22H22N6O7/c1-24-15-16(25(2)21(32)28(5)19(15)31)23-20(24)35-13-8-7-11(10-14(13)34-6)9-12-17(29)26(3)22(33)27(4)18(12)30/h7-10H,1-6H3. The summed E-state index contributed by atoms with van der Waals surface area (Å²) in [6, 6.07) is 3.99. The number of rotatable bonds is 4. The largest absolute Gasteiger partial charge is 0.493 e. The molecule has 4 rings (SSSR count). The summed E-state index contributed by atoms with van der Waals surface area (Å²) in [5.74, 6) is -0.948. The van der Waals surface area contributed by atoms with Gasteiger partial charge in [0.1, 0.15) is 5.57 Å². The molecule has 13 heteroatoms. The first-order valence-electron chi connectivity index (χ1n) is 10.3. The molecule has 4 amide bonds. The Hall–Kier alpha value is -4.68. The number of carbonyl (C=O) groups is 3. The number of likely N-dealkylation sites (N-methyl/N-ethyl adjacent to an activating group) is 2. The predicted octanol–water partition coefficient (Wildman–Crippen LogP) is 0.205. The quantitative estimate of drug-likeness (QED) is 0.380. The lowest BCUT2D eigenvalue weighted by molar-refractivity contribution is -0.134. The predicted molar refractivity (Wildman–Crippen MR) is 123 cm³/mol. The zero-order valence-corrected chi connectivity index (χ0v) is 19.9. The van der Waals surface area contributed by atoms with Crippen LogP contribution in [0.15, 0.2) is 33.4 Å². The maximum atomic E-state index is 12.6. The first kappa shape index (κ1) is 23.5. The Bertz CT molecular complexity index is 1550. The van der Waals surface area contributed by atoms with Gasteiger partial charge in [-0.1, -0.05) is 6.07 Å². The third kappa shape index (κ3) is 3.57. The highest BCUT2D eigenvalue weighted by molar-refractivity contribution is 6.30. The van der Waals surface area contributed by atoms with Gasteiger partial charge in [-0.25, -0.2) is 9.59 Å². The van der Waals surface area contributed by atoms with Crippen molar-refractivity contribution in [1.29, 1.82) is 0 Å². The van der Waals surface area contributed by atoms with E-state index in [1.807, 2.05) is 0 Å². The van der Waals surface area contributed by atoms with Crippen LogP contribution in [-0.2, 0) is 30.7 Å². The first-order chi connectivity index (χ1) is 16.5. The van der Waals surface area contributed by atoms with Crippen molar-refractivity contribution in [2.45, 2.75) is 0 Å². The lowest BCUT2D eigenvalue weighted by atomic mass is 10.1. The van der Waals surface area contributed by atoms with Crippen LogP contribution in [-0.4, -0.2) is 67.5 Å². The van der Waals surface area contributed by atoms with Crippen molar-refractivity contribution in [2.75, 3.05) is 21.2 Å². The van der Waals surface area contributed by atoms with Crippen LogP contribution >= 0.6 is 0 Å². The number of fused-ring (bicyclic) bond motifs is 1. The summed E-state index contributed by atoms with van der Waals surface area (Å²) in [6.45, 7) is 0. The number of amides is 4. The molecule has 0 unspecified atom stereocenters. The number of barbiturate groups is 1. The monoisotopic (exact) mass is 482 g/mol. The molecule has 0 radical (unpaired) electrons. The smallest absolute Gasteiger partial charge is 0.333 e. The van der Waals surface area contributed by atoms with Gasteiger partial charge in [-0.05, 0) is 23.8 Å². The zero-order chi connectivity index (χ0) is 25.8. The number of benzene rings is 1. The number of aromatic nitrogens is 4. The van der Waals surface area contributed by atoms with Gasteiger partial charge in [-0.15, -0.1) is 0 Å². The normalized spacial score (nSPS) is 14.2. The summed E-state index contributed by atoms with van der Waals surface area (Å²) in [4.78, 5) is 67.7. The zero-order valence-electron chi connectivity index (χ0n) is 19.9. The Morgan fingerprint density at radius 3 is 2.06 bits per heavy atom. The topological polar surface area (TPSA) is 138 Å². The van der Waals surface area contributed by atoms with E-state index in [1.165, 1.54) is 62.6 Å². The molecule has 2 aromatic heterocycles. The van der Waals surface area contributed by atoms with Crippen LogP contribution in [0.3, 0.4) is 0 Å². The Kier molecular flexibility index (Phi) is 5.55. The number of imide groups is 2. The summed E-state index contributed by atoms with van der Waals surface area (Å²) in [6.07, 6.45) is 1.35. The van der Waals surface area contributed by atoms with Crippen molar-refractivity contribution in [3.8, 4) is 17.5 Å². The van der Waals surface area contributed by atoms with Crippen molar-refractivity contribution >= 4 is 35.1 Å². The minimum absolute atomic E-state index is 0.0436. The fourth-order valence-corrected chi connectivity index (χ4v) is 3.69. The van der Waals surface area contributed by atoms with E-state index in [9.17, 15) is 24.0 Å². The molecular formula is C22H22N6O7. The average molecular weight is 482 g/mol. The molecule has 1 fully saturated rings. The molecule has 182 valence electrons. The van der Waals surface area contributed by atoms with Crippen LogP contribution in [0.2, 0.25) is 0 Å². The summed E-state index contributed by atoms with van der Waals surface area (Å²) in [7, 11) is 8.44. The Labute approximate surface area is 198 Å². The molecule has 13 nitrogen and oxygen atoms in total. The van der Waals surface area contributed by atoms with Gasteiger partial charge in [-0.3, -0.25) is 37.9 Å². The molecule has 0 saturated carbocycles. The van der Waals surface area contributed by atoms with Crippen molar-refractivity contribution < 1.29 is 23.9 Å². The highest BCUT2D eigenvalue weighted by Crippen LogP contribution is 2.33. The van der Waals surface area contributed by atoms with Gasteiger partial charge < -0.3 is 9.47 Å². The highest BCUT2D eigenvalue weighted by Gasteiger charge is 2.37. The van der Waals surface area contributed by atoms with E-state index in [0.29, 0.717) is 5.56 Å². The van der Waals surface area contributed by atoms with Crippen LogP contribution in [0.4, 0.5) is 4.79 Å². The van der Waals surface area contributed by atoms with Gasteiger partial charge in [0.25, 0.3) is 17.4 Å². The number of methoxy groups -OCH3 is 1. The molecule has 1 aliphatic rings. The number of hydrogen-bond donors (Lipinski definition) is 0. The third-order valence-corrected chi connectivity index (χ3v) is 5.78. The van der Waals surface area contributed by atoms with Crippen LogP contribution in [0.1, 0.15) is 5.56 Å². The summed E-state index contributed by atoms with van der Waals surface area (Å²) in [5, 5.41) is 0. The number of hydrogen-bond acceptors (Lipinski definition) is 8. The van der Waals surface area contributed by atoms with Crippen LogP contribution < -0.4 is 20.7 Å². The molecule has 0 aliphatic carbocycles. The van der Waals surface area contributed by atoms with E-state index >= 15 is 0 Å². The fraction of sp³-hybridized carbons (Fsp3) is 0.273. The Morgan fingerprint density at radius 1 is 0.829 bits per heavy atom. The molecule has 0 spiro atoms. The van der Waals surface area contributed by atoms with E-state index in [0.717, 1.165) is 14.4 Å². The molecule has 0 bridgehead atoms. The fourth-order valence-electron chi connectivity index (χ4n) is 3.69. The molecule has 1 aliphatic heterocycles. The van der Waals surface area contributed by atoms with Crippen molar-refractivity contribution in [3.05, 3.63) is 50.2 Å². The second-order valence-corrected chi connectivity index (χ2v) is 7.91. The lowest BCUT2D eigenvalue weighted by Gasteiger charge is -2.28. The van der Waals surface area contributed by atoms with E-state index < -0.39 is 29.1 Å². The van der Waals surface area contributed by atoms with Crippen LogP contribution in [0, 0.1) is 0 Å². The van der Waals surface area contributed by atoms with Crippen molar-refractivity contribution in [1.82, 2.24) is 28.5 Å². The van der Waals surface area contributed by atoms with E-state index in [4.69, 9.17) is 9.47 Å². The second-order valence-electron chi connectivity index (χ2n) is 7.91. The van der Waals surface area contributed by atoms with Crippen LogP contribution in [0.25, 0.3) is 17.2 Å². The Morgan fingerprint density at radius 2 is 1.46 bits per heavy atom. The molecule has 0 atom stereocenters. The molecule has 0 N–H and O–H groups in total. The van der Waals surface area contributed by atoms with E-state index in [2.05, 4.69) is 4.98 Å².